The van der Waals surface area contributed by atoms with Crippen molar-refractivity contribution in [1.29, 1.82) is 0 Å². The zero-order chi connectivity index (χ0) is 21.0. The minimum atomic E-state index is -3.21. The summed E-state index contributed by atoms with van der Waals surface area (Å²) in [5.74, 6) is -0.426. The smallest absolute Gasteiger partial charge is 0.255 e. The van der Waals surface area contributed by atoms with Crippen LogP contribution in [0.1, 0.15) is 30.1 Å². The molecule has 0 bridgehead atoms. The van der Waals surface area contributed by atoms with Crippen molar-refractivity contribution < 1.29 is 22.3 Å². The van der Waals surface area contributed by atoms with Crippen molar-refractivity contribution in [1.82, 2.24) is 5.32 Å². The van der Waals surface area contributed by atoms with E-state index in [1.165, 1.54) is 25.3 Å². The van der Waals surface area contributed by atoms with Crippen LogP contribution in [0.25, 0.3) is 0 Å². The molecule has 0 saturated carbocycles. The second kappa shape index (κ2) is 8.82. The Morgan fingerprint density at radius 1 is 1.17 bits per heavy atom. The lowest BCUT2D eigenvalue weighted by molar-refractivity contribution is 0.0927. The van der Waals surface area contributed by atoms with E-state index in [9.17, 15) is 17.6 Å². The number of rotatable bonds is 6. The minimum absolute atomic E-state index is 0.0218. The molecule has 1 saturated heterocycles. The van der Waals surface area contributed by atoms with E-state index in [1.807, 2.05) is 12.1 Å². The molecular formula is C21H25FN2O4S. The molecule has 1 aliphatic heterocycles. The van der Waals surface area contributed by atoms with Crippen LogP contribution in [0.5, 0.6) is 5.75 Å². The zero-order valence-electron chi connectivity index (χ0n) is 16.5. The Balaban J connectivity index is 1.60. The van der Waals surface area contributed by atoms with Crippen molar-refractivity contribution in [2.24, 2.45) is 0 Å². The molecule has 156 valence electrons. The van der Waals surface area contributed by atoms with Crippen LogP contribution < -0.4 is 15.0 Å². The van der Waals surface area contributed by atoms with E-state index < -0.39 is 15.7 Å². The van der Waals surface area contributed by atoms with E-state index in [0.717, 1.165) is 31.6 Å². The number of hydrogen-bond donors (Lipinski definition) is 1. The fourth-order valence-corrected chi connectivity index (χ4v) is 4.32. The third-order valence-electron chi connectivity index (χ3n) is 5.18. The largest absolute Gasteiger partial charge is 0.496 e. The lowest BCUT2D eigenvalue weighted by Crippen LogP contribution is -2.44. The van der Waals surface area contributed by atoms with Crippen LogP contribution in [0.3, 0.4) is 0 Å². The van der Waals surface area contributed by atoms with Gasteiger partial charge >= 0.3 is 0 Å². The molecule has 29 heavy (non-hydrogen) atoms. The van der Waals surface area contributed by atoms with Crippen LogP contribution in [-0.2, 0) is 9.84 Å². The van der Waals surface area contributed by atoms with Crippen molar-refractivity contribution in [3.63, 3.8) is 0 Å². The van der Waals surface area contributed by atoms with Crippen molar-refractivity contribution in [3.8, 4) is 5.75 Å². The van der Waals surface area contributed by atoms with E-state index in [-0.39, 0.29) is 23.3 Å². The molecule has 3 rings (SSSR count). The van der Waals surface area contributed by atoms with Crippen molar-refractivity contribution in [2.75, 3.05) is 30.9 Å². The highest BCUT2D eigenvalue weighted by Gasteiger charge is 2.23. The van der Waals surface area contributed by atoms with Gasteiger partial charge in [-0.2, -0.15) is 0 Å². The van der Waals surface area contributed by atoms with Gasteiger partial charge in [0.05, 0.1) is 23.3 Å². The Bertz CT molecular complexity index is 969. The highest BCUT2D eigenvalue weighted by atomic mass is 32.2. The Kier molecular flexibility index (Phi) is 6.42. The lowest BCUT2D eigenvalue weighted by Gasteiger charge is -2.34. The summed E-state index contributed by atoms with van der Waals surface area (Å²) in [5.41, 5.74) is 1.14. The summed E-state index contributed by atoms with van der Waals surface area (Å²) in [7, 11) is -1.76. The number of halogens is 1. The van der Waals surface area contributed by atoms with Crippen LogP contribution in [0.2, 0.25) is 0 Å². The van der Waals surface area contributed by atoms with Gasteiger partial charge in [-0.25, -0.2) is 12.8 Å². The molecule has 1 fully saturated rings. The Morgan fingerprint density at radius 2 is 1.83 bits per heavy atom. The molecular weight excluding hydrogens is 395 g/mol. The van der Waals surface area contributed by atoms with Crippen LogP contribution in [0.4, 0.5) is 10.1 Å². The predicted octanol–water partition coefficient (Wildman–Crippen LogP) is 3.03. The molecule has 0 aliphatic carbocycles. The summed E-state index contributed by atoms with van der Waals surface area (Å²) in [6.45, 7) is 3.08. The normalized spacial score (nSPS) is 15.2. The van der Waals surface area contributed by atoms with Crippen LogP contribution in [-0.4, -0.2) is 46.3 Å². The number of carbonyl (C=O) groups excluding carboxylic acids is 1. The number of carbonyl (C=O) groups is 1. The van der Waals surface area contributed by atoms with Crippen LogP contribution >= 0.6 is 0 Å². The molecule has 0 unspecified atom stereocenters. The van der Waals surface area contributed by atoms with Crippen molar-refractivity contribution in [3.05, 3.63) is 53.8 Å². The third kappa shape index (κ3) is 4.87. The SMILES string of the molecule is CCS(=O)(=O)c1ccc(N2CCC(NC(=O)c3cc(F)ccc3OC)CC2)cc1. The number of ether oxygens (including phenoxy) is 1. The molecule has 0 radical (unpaired) electrons. The highest BCUT2D eigenvalue weighted by Crippen LogP contribution is 2.24. The minimum Gasteiger partial charge on any atom is -0.496 e. The van der Waals surface area contributed by atoms with Gasteiger partial charge in [-0.15, -0.1) is 0 Å². The first-order chi connectivity index (χ1) is 13.8. The standard InChI is InChI=1S/C21H25FN2O4S/c1-3-29(26,27)18-7-5-17(6-8-18)24-12-10-16(11-13-24)23-21(25)19-14-15(22)4-9-20(19)28-2/h4-9,14,16H,3,10-13H2,1-2H3,(H,23,25). The molecule has 2 aromatic rings. The number of hydrogen-bond acceptors (Lipinski definition) is 5. The van der Waals surface area contributed by atoms with E-state index in [2.05, 4.69) is 10.2 Å². The van der Waals surface area contributed by atoms with Crippen LogP contribution in [0.15, 0.2) is 47.4 Å². The van der Waals surface area contributed by atoms with E-state index in [0.29, 0.717) is 10.6 Å². The summed E-state index contributed by atoms with van der Waals surface area (Å²) >= 11 is 0. The van der Waals surface area contributed by atoms with Gasteiger partial charge in [0.25, 0.3) is 5.91 Å². The molecule has 0 atom stereocenters. The maximum absolute atomic E-state index is 13.5. The summed E-state index contributed by atoms with van der Waals surface area (Å²) in [4.78, 5) is 15.0. The topological polar surface area (TPSA) is 75.7 Å². The Labute approximate surface area is 170 Å². The average Bonchev–Trinajstić information content (AvgIpc) is 2.74. The van der Waals surface area contributed by atoms with Crippen molar-refractivity contribution in [2.45, 2.75) is 30.7 Å². The monoisotopic (exact) mass is 420 g/mol. The maximum Gasteiger partial charge on any atom is 0.255 e. The first-order valence-corrected chi connectivity index (χ1v) is 11.2. The van der Waals surface area contributed by atoms with E-state index >= 15 is 0 Å². The molecule has 6 nitrogen and oxygen atoms in total. The average molecular weight is 421 g/mol. The Morgan fingerprint density at radius 3 is 2.41 bits per heavy atom. The molecule has 0 spiro atoms. The van der Waals surface area contributed by atoms with Gasteiger partial charge in [0.2, 0.25) is 0 Å². The molecule has 1 N–H and O–H groups in total. The first-order valence-electron chi connectivity index (χ1n) is 9.56. The molecule has 1 aliphatic rings. The summed E-state index contributed by atoms with van der Waals surface area (Å²) in [6.07, 6.45) is 1.47. The number of piperidine rings is 1. The predicted molar refractivity (Wildman–Crippen MR) is 110 cm³/mol. The van der Waals surface area contributed by atoms with E-state index in [4.69, 9.17) is 4.74 Å². The number of nitrogens with one attached hydrogen (secondary N) is 1. The molecule has 0 aromatic heterocycles. The molecule has 8 heteroatoms. The quantitative estimate of drug-likeness (QED) is 0.778. The second-order valence-corrected chi connectivity index (χ2v) is 9.25. The molecule has 1 amide bonds. The number of anilines is 1. The van der Waals surface area contributed by atoms with E-state index in [1.54, 1.807) is 19.1 Å². The van der Waals surface area contributed by atoms with Gasteiger partial charge in [-0.3, -0.25) is 4.79 Å². The fraction of sp³-hybridized carbons (Fsp3) is 0.381. The van der Waals surface area contributed by atoms with Gasteiger partial charge in [-0.05, 0) is 55.3 Å². The highest BCUT2D eigenvalue weighted by molar-refractivity contribution is 7.91. The second-order valence-electron chi connectivity index (χ2n) is 6.98. The first kappa shape index (κ1) is 21.1. The van der Waals surface area contributed by atoms with Gasteiger partial charge in [-0.1, -0.05) is 6.92 Å². The number of nitrogens with zero attached hydrogens (tertiary/aromatic N) is 1. The van der Waals surface area contributed by atoms with Gasteiger partial charge < -0.3 is 15.0 Å². The number of methoxy groups -OCH3 is 1. The molecule has 2 aromatic carbocycles. The molecule has 1 heterocycles. The summed E-state index contributed by atoms with van der Waals surface area (Å²) in [6, 6.07) is 10.8. The van der Waals surface area contributed by atoms with Crippen molar-refractivity contribution >= 4 is 21.4 Å². The Hall–Kier alpha value is -2.61. The lowest BCUT2D eigenvalue weighted by atomic mass is 10.0. The number of benzene rings is 2. The summed E-state index contributed by atoms with van der Waals surface area (Å²) < 4.78 is 42.5. The third-order valence-corrected chi connectivity index (χ3v) is 6.93. The van der Waals surface area contributed by atoms with Gasteiger partial charge in [0.15, 0.2) is 9.84 Å². The number of amides is 1. The van der Waals surface area contributed by atoms with Gasteiger partial charge in [0, 0.05) is 24.8 Å². The maximum atomic E-state index is 13.5. The summed E-state index contributed by atoms with van der Waals surface area (Å²) in [5, 5.41) is 2.95. The fourth-order valence-electron chi connectivity index (χ4n) is 3.43. The van der Waals surface area contributed by atoms with Gasteiger partial charge in [0.1, 0.15) is 11.6 Å². The zero-order valence-corrected chi connectivity index (χ0v) is 17.3. The van der Waals surface area contributed by atoms with Crippen LogP contribution in [0, 0.1) is 5.82 Å². The number of sulfone groups is 1.